The summed E-state index contributed by atoms with van der Waals surface area (Å²) in [5, 5.41) is 16.7. The smallest absolute Gasteiger partial charge is 0.260 e. The fourth-order valence-electron chi connectivity index (χ4n) is 4.78. The third kappa shape index (κ3) is 3.65. The second-order valence-electron chi connectivity index (χ2n) is 8.38. The molecule has 1 unspecified atom stereocenters. The highest BCUT2D eigenvalue weighted by Gasteiger charge is 2.52. The largest absolute Gasteiger partial charge is 0.355 e. The van der Waals surface area contributed by atoms with Crippen molar-refractivity contribution in [2.45, 2.75) is 24.9 Å². The first kappa shape index (κ1) is 19.9. The zero-order valence-electron chi connectivity index (χ0n) is 17.1. The lowest BCUT2D eigenvalue weighted by Gasteiger charge is -2.28. The normalized spacial score (nSPS) is 23.2. The topological polar surface area (TPSA) is 71.4 Å². The number of anilines is 3. The maximum atomic E-state index is 13.4. The number of likely N-dealkylation sites (tertiary alicyclic amines) is 1. The van der Waals surface area contributed by atoms with E-state index in [1.807, 2.05) is 30.3 Å². The van der Waals surface area contributed by atoms with Crippen LogP contribution in [0.3, 0.4) is 0 Å². The Balaban J connectivity index is 1.28. The first-order valence-electron chi connectivity index (χ1n) is 10.6. The molecule has 0 radical (unpaired) electrons. The van der Waals surface area contributed by atoms with E-state index in [-0.39, 0.29) is 11.9 Å². The molecule has 5 rings (SSSR count). The van der Waals surface area contributed by atoms with Gasteiger partial charge in [-0.05, 0) is 49.1 Å². The molecule has 2 aromatic carbocycles. The predicted molar refractivity (Wildman–Crippen MR) is 123 cm³/mol. The number of fused-ring (bicyclic) bond motifs is 3. The van der Waals surface area contributed by atoms with Crippen LogP contribution < -0.4 is 15.5 Å². The lowest BCUT2D eigenvalue weighted by atomic mass is 10.1. The monoisotopic (exact) mass is 433 g/mol. The Hall–Kier alpha value is -3.01. The van der Waals surface area contributed by atoms with E-state index in [1.54, 1.807) is 17.0 Å². The molecular formula is C24H24ClN5O. The fraction of sp³-hybridized carbons (Fsp3) is 0.333. The van der Waals surface area contributed by atoms with Crippen LogP contribution >= 0.6 is 11.6 Å². The summed E-state index contributed by atoms with van der Waals surface area (Å²) in [7, 11) is 0. The van der Waals surface area contributed by atoms with E-state index < -0.39 is 0 Å². The van der Waals surface area contributed by atoms with Crippen LogP contribution in [0.25, 0.3) is 0 Å². The highest BCUT2D eigenvalue weighted by Crippen LogP contribution is 2.49. The summed E-state index contributed by atoms with van der Waals surface area (Å²) in [4.78, 5) is 17.3. The molecule has 3 aliphatic rings. The van der Waals surface area contributed by atoms with Crippen LogP contribution in [0.4, 0.5) is 17.1 Å². The number of amides is 1. The van der Waals surface area contributed by atoms with Crippen molar-refractivity contribution < 1.29 is 4.79 Å². The van der Waals surface area contributed by atoms with Crippen molar-refractivity contribution in [3.63, 3.8) is 0 Å². The van der Waals surface area contributed by atoms with E-state index in [9.17, 15) is 10.1 Å². The number of nitriles is 1. The van der Waals surface area contributed by atoms with Gasteiger partial charge in [0, 0.05) is 36.4 Å². The number of nitrogens with zero attached hydrogens (tertiary/aromatic N) is 3. The van der Waals surface area contributed by atoms with E-state index >= 15 is 0 Å². The van der Waals surface area contributed by atoms with Crippen LogP contribution in [-0.2, 0) is 0 Å². The number of halogens is 1. The number of hydrogen-bond acceptors (Lipinski definition) is 5. The lowest BCUT2D eigenvalue weighted by Crippen LogP contribution is -2.39. The van der Waals surface area contributed by atoms with E-state index in [0.29, 0.717) is 42.2 Å². The molecule has 3 atom stereocenters. The van der Waals surface area contributed by atoms with E-state index in [4.69, 9.17) is 11.6 Å². The van der Waals surface area contributed by atoms with Gasteiger partial charge < -0.3 is 20.4 Å². The number of piperidine rings is 1. The third-order valence-corrected chi connectivity index (χ3v) is 6.62. The third-order valence-electron chi connectivity index (χ3n) is 6.38. The van der Waals surface area contributed by atoms with E-state index in [1.165, 1.54) is 6.42 Å². The maximum Gasteiger partial charge on any atom is 0.260 e. The summed E-state index contributed by atoms with van der Waals surface area (Å²) in [6.45, 7) is 5.92. The molecular weight excluding hydrogens is 410 g/mol. The number of carbonyl (C=O) groups excluding carboxylic acids is 1. The molecule has 1 saturated heterocycles. The molecule has 1 saturated carbocycles. The summed E-state index contributed by atoms with van der Waals surface area (Å²) in [5.74, 6) is 0.576. The molecule has 0 bridgehead atoms. The van der Waals surface area contributed by atoms with Gasteiger partial charge in [-0.15, -0.1) is 0 Å². The van der Waals surface area contributed by atoms with Crippen molar-refractivity contribution in [3.05, 3.63) is 65.3 Å². The minimum absolute atomic E-state index is 0.0514. The zero-order valence-corrected chi connectivity index (χ0v) is 17.9. The Morgan fingerprint density at radius 2 is 2.10 bits per heavy atom. The minimum atomic E-state index is -0.0829. The number of hydrogen-bond donors (Lipinski definition) is 2. The number of benzene rings is 2. The summed E-state index contributed by atoms with van der Waals surface area (Å²) >= 11 is 6.17. The highest BCUT2D eigenvalue weighted by molar-refractivity contribution is 6.31. The van der Waals surface area contributed by atoms with Crippen molar-refractivity contribution in [3.8, 4) is 6.07 Å². The second-order valence-corrected chi connectivity index (χ2v) is 8.82. The van der Waals surface area contributed by atoms with Crippen molar-refractivity contribution >= 4 is 34.6 Å². The molecule has 7 heteroatoms. The van der Waals surface area contributed by atoms with Gasteiger partial charge in [0.05, 0.1) is 28.7 Å². The van der Waals surface area contributed by atoms with Crippen LogP contribution in [0.5, 0.6) is 0 Å². The molecule has 2 aliphatic heterocycles. The van der Waals surface area contributed by atoms with Gasteiger partial charge in [-0.3, -0.25) is 4.79 Å². The van der Waals surface area contributed by atoms with Gasteiger partial charge in [0.15, 0.2) is 0 Å². The Labute approximate surface area is 187 Å². The average molecular weight is 434 g/mol. The van der Waals surface area contributed by atoms with Gasteiger partial charge in [-0.1, -0.05) is 30.3 Å². The average Bonchev–Trinajstić information content (AvgIpc) is 3.46. The summed E-state index contributed by atoms with van der Waals surface area (Å²) in [6, 6.07) is 16.0. The number of para-hydroxylation sites is 2. The van der Waals surface area contributed by atoms with Crippen LogP contribution in [0.15, 0.2) is 54.7 Å². The van der Waals surface area contributed by atoms with Crippen LogP contribution in [-0.4, -0.2) is 42.5 Å². The van der Waals surface area contributed by atoms with Crippen LogP contribution in [0.1, 0.15) is 23.2 Å². The highest BCUT2D eigenvalue weighted by atomic mass is 35.5. The molecule has 0 aromatic heterocycles. The molecule has 1 amide bonds. The molecule has 0 spiro atoms. The van der Waals surface area contributed by atoms with Crippen molar-refractivity contribution in [2.24, 2.45) is 5.92 Å². The number of nitrogens with one attached hydrogen (secondary N) is 2. The van der Waals surface area contributed by atoms with Crippen molar-refractivity contribution in [1.82, 2.24) is 10.2 Å². The molecule has 2 N–H and O–H groups in total. The molecule has 158 valence electrons. The second kappa shape index (κ2) is 7.92. The molecule has 2 fully saturated rings. The van der Waals surface area contributed by atoms with Gasteiger partial charge >= 0.3 is 0 Å². The van der Waals surface area contributed by atoms with Gasteiger partial charge in [-0.25, -0.2) is 0 Å². The van der Waals surface area contributed by atoms with E-state index in [0.717, 1.165) is 29.2 Å². The molecule has 6 nitrogen and oxygen atoms in total. The van der Waals surface area contributed by atoms with Crippen LogP contribution in [0.2, 0.25) is 5.02 Å². The Morgan fingerprint density at radius 3 is 2.94 bits per heavy atom. The van der Waals surface area contributed by atoms with Crippen LogP contribution in [0, 0.1) is 17.2 Å². The Morgan fingerprint density at radius 1 is 1.26 bits per heavy atom. The van der Waals surface area contributed by atoms with E-state index in [2.05, 4.69) is 28.2 Å². The number of carbonyl (C=O) groups is 1. The van der Waals surface area contributed by atoms with Crippen molar-refractivity contribution in [1.29, 1.82) is 5.26 Å². The summed E-state index contributed by atoms with van der Waals surface area (Å²) < 4.78 is 0. The maximum absolute atomic E-state index is 13.4. The predicted octanol–water partition coefficient (Wildman–Crippen LogP) is 4.13. The Kier molecular flexibility index (Phi) is 5.09. The first-order chi connectivity index (χ1) is 15.1. The van der Waals surface area contributed by atoms with Crippen molar-refractivity contribution in [2.75, 3.05) is 29.9 Å². The molecule has 2 heterocycles. The number of rotatable bonds is 6. The van der Waals surface area contributed by atoms with Gasteiger partial charge in [0.25, 0.3) is 5.91 Å². The first-order valence-corrected chi connectivity index (χ1v) is 11.0. The summed E-state index contributed by atoms with van der Waals surface area (Å²) in [5.41, 5.74) is 3.99. The van der Waals surface area contributed by atoms with Gasteiger partial charge in [0.2, 0.25) is 0 Å². The zero-order chi connectivity index (χ0) is 21.5. The minimum Gasteiger partial charge on any atom is -0.355 e. The fourth-order valence-corrected chi connectivity index (χ4v) is 4.95. The molecule has 2 aromatic rings. The van der Waals surface area contributed by atoms with Gasteiger partial charge in [-0.2, -0.15) is 5.26 Å². The molecule has 31 heavy (non-hydrogen) atoms. The standard InChI is InChI=1S/C24H24ClN5O/c1-15(30-18(13-26)10-16-11-23(16)30)14-27-8-9-29-22-5-3-2-4-21(22)28-20-7-6-17(25)12-19(20)24(29)31/h2-7,12,16,18,23,27-28H,1,8-11,14H2/t16-,18?,23+/m1/s1. The summed E-state index contributed by atoms with van der Waals surface area (Å²) in [6.07, 6.45) is 2.12. The van der Waals surface area contributed by atoms with Gasteiger partial charge in [0.1, 0.15) is 6.04 Å². The lowest BCUT2D eigenvalue weighted by molar-refractivity contribution is 0.0988. The quantitative estimate of drug-likeness (QED) is 0.670. The SMILES string of the molecule is C=C(CNCCN1C(=O)c2cc(Cl)ccc2Nc2ccccc21)N1C(C#N)C[C@@H]2C[C@@H]21. The Bertz CT molecular complexity index is 1090. The molecule has 1 aliphatic carbocycles.